The zero-order valence-electron chi connectivity index (χ0n) is 11.5. The highest BCUT2D eigenvalue weighted by molar-refractivity contribution is 7.98. The van der Waals surface area contributed by atoms with Crippen LogP contribution in [-0.2, 0) is 9.53 Å². The largest absolute Gasteiger partial charge is 0.465 e. The van der Waals surface area contributed by atoms with Crippen LogP contribution in [0.15, 0.2) is 34.5 Å². The van der Waals surface area contributed by atoms with Crippen LogP contribution in [0.3, 0.4) is 0 Å². The third-order valence-corrected chi connectivity index (χ3v) is 4.42. The molecule has 0 bridgehead atoms. The summed E-state index contributed by atoms with van der Waals surface area (Å²) >= 11 is 3.13. The van der Waals surface area contributed by atoms with Crippen molar-refractivity contribution < 1.29 is 9.53 Å². The molecule has 1 heterocycles. The molecule has 0 aliphatic rings. The average molecular weight is 305 g/mol. The van der Waals surface area contributed by atoms with E-state index in [2.05, 4.69) is 4.98 Å². The first kappa shape index (κ1) is 14.8. The lowest BCUT2D eigenvalue weighted by atomic mass is 10.1. The quantitative estimate of drug-likeness (QED) is 0.488. The lowest BCUT2D eigenvalue weighted by Crippen LogP contribution is -2.03. The summed E-state index contributed by atoms with van der Waals surface area (Å²) in [5, 5.41) is 2.60. The molecule has 2 aromatic rings. The number of esters is 1. The molecule has 104 valence electrons. The van der Waals surface area contributed by atoms with Gasteiger partial charge in [0.1, 0.15) is 5.01 Å². The molecule has 1 aromatic heterocycles. The fourth-order valence-corrected chi connectivity index (χ4v) is 2.87. The third-order valence-electron chi connectivity index (χ3n) is 2.68. The van der Waals surface area contributed by atoms with Gasteiger partial charge in [-0.05, 0) is 37.0 Å². The lowest BCUT2D eigenvalue weighted by Gasteiger charge is -2.03. The van der Waals surface area contributed by atoms with Gasteiger partial charge in [-0.3, -0.25) is 0 Å². The van der Waals surface area contributed by atoms with Crippen LogP contribution in [0.25, 0.3) is 11.6 Å². The maximum atomic E-state index is 11.9. The number of aromatic nitrogens is 1. The Balaban J connectivity index is 2.39. The predicted octanol–water partition coefficient (Wildman–Crippen LogP) is 3.89. The van der Waals surface area contributed by atoms with Gasteiger partial charge in [-0.2, -0.15) is 0 Å². The second-order valence-electron chi connectivity index (χ2n) is 4.12. The van der Waals surface area contributed by atoms with E-state index in [1.165, 1.54) is 23.3 Å². The Hall–Kier alpha value is -1.59. The molecule has 0 unspecified atom stereocenters. The molecule has 0 radical (unpaired) electrons. The maximum Gasteiger partial charge on any atom is 0.340 e. The van der Waals surface area contributed by atoms with E-state index in [-0.39, 0.29) is 5.97 Å². The number of thioether (sulfide) groups is 1. The highest BCUT2D eigenvalue weighted by Gasteiger charge is 2.15. The Morgan fingerprint density at radius 1 is 1.35 bits per heavy atom. The summed E-state index contributed by atoms with van der Waals surface area (Å²) in [6.45, 7) is 1.90. The molecule has 0 aliphatic heterocycles. The zero-order chi connectivity index (χ0) is 14.5. The van der Waals surface area contributed by atoms with Crippen LogP contribution in [0.4, 0.5) is 0 Å². The minimum absolute atomic E-state index is 0.367. The summed E-state index contributed by atoms with van der Waals surface area (Å²) in [5.74, 6) is -0.367. The van der Waals surface area contributed by atoms with Crippen molar-refractivity contribution in [2.45, 2.75) is 11.8 Å². The third kappa shape index (κ3) is 3.49. The molecule has 0 atom stereocenters. The first-order chi connectivity index (χ1) is 9.63. The fraction of sp³-hybridized carbons (Fsp3) is 0.200. The van der Waals surface area contributed by atoms with Gasteiger partial charge in [0.05, 0.1) is 12.7 Å². The molecule has 0 aliphatic carbocycles. The average Bonchev–Trinajstić information content (AvgIpc) is 2.91. The number of methoxy groups -OCH3 is 1. The van der Waals surface area contributed by atoms with Crippen molar-refractivity contribution in [3.63, 3.8) is 0 Å². The van der Waals surface area contributed by atoms with E-state index in [0.29, 0.717) is 10.6 Å². The van der Waals surface area contributed by atoms with Gasteiger partial charge in [0.15, 0.2) is 0 Å². The number of rotatable bonds is 4. The van der Waals surface area contributed by atoms with Crippen LogP contribution in [0, 0.1) is 6.92 Å². The Morgan fingerprint density at radius 3 is 2.55 bits per heavy atom. The number of thiazole rings is 1. The van der Waals surface area contributed by atoms with E-state index >= 15 is 0 Å². The van der Waals surface area contributed by atoms with Crippen LogP contribution in [0.1, 0.15) is 16.3 Å². The van der Waals surface area contributed by atoms with Crippen molar-refractivity contribution in [3.8, 4) is 0 Å². The smallest absolute Gasteiger partial charge is 0.340 e. The van der Waals surface area contributed by atoms with Crippen LogP contribution in [-0.4, -0.2) is 24.3 Å². The number of hydrogen-bond donors (Lipinski definition) is 0. The number of aryl methyl sites for hydroxylation is 1. The number of ether oxygens (including phenoxy) is 1. The molecule has 0 saturated carbocycles. The van der Waals surface area contributed by atoms with Gasteiger partial charge in [-0.25, -0.2) is 9.78 Å². The first-order valence-electron chi connectivity index (χ1n) is 6.00. The Labute approximate surface area is 126 Å². The molecule has 3 nitrogen and oxygen atoms in total. The van der Waals surface area contributed by atoms with Crippen molar-refractivity contribution in [3.05, 3.63) is 45.9 Å². The second kappa shape index (κ2) is 6.72. The first-order valence-corrected chi connectivity index (χ1v) is 8.11. The van der Waals surface area contributed by atoms with Crippen LogP contribution < -0.4 is 0 Å². The Morgan fingerprint density at radius 2 is 2.05 bits per heavy atom. The summed E-state index contributed by atoms with van der Waals surface area (Å²) in [7, 11) is 1.38. The zero-order valence-corrected chi connectivity index (χ0v) is 13.2. The van der Waals surface area contributed by atoms with Crippen molar-refractivity contribution in [2.24, 2.45) is 0 Å². The standard InChI is InChI=1S/C15H15NO2S2/c1-10-9-20-14(16-10)13(15(17)18-2)8-11-4-6-12(19-3)7-5-11/h4-9H,1-3H3/b13-8-. The van der Waals surface area contributed by atoms with E-state index in [4.69, 9.17) is 4.74 Å². The van der Waals surface area contributed by atoms with Gasteiger partial charge in [0.25, 0.3) is 0 Å². The molecule has 0 saturated heterocycles. The molecule has 0 N–H and O–H groups in total. The highest BCUT2D eigenvalue weighted by Crippen LogP contribution is 2.24. The van der Waals surface area contributed by atoms with Crippen molar-refractivity contribution in [1.82, 2.24) is 4.98 Å². The van der Waals surface area contributed by atoms with E-state index in [1.54, 1.807) is 11.8 Å². The molecule has 0 spiro atoms. The number of hydrogen-bond acceptors (Lipinski definition) is 5. The van der Waals surface area contributed by atoms with Crippen LogP contribution >= 0.6 is 23.1 Å². The predicted molar refractivity (Wildman–Crippen MR) is 85.0 cm³/mol. The topological polar surface area (TPSA) is 39.2 Å². The summed E-state index contributed by atoms with van der Waals surface area (Å²) in [5.41, 5.74) is 2.34. The second-order valence-corrected chi connectivity index (χ2v) is 5.85. The van der Waals surface area contributed by atoms with Crippen molar-refractivity contribution in [2.75, 3.05) is 13.4 Å². The number of carbonyl (C=O) groups excluding carboxylic acids is 1. The normalized spacial score (nSPS) is 11.4. The monoisotopic (exact) mass is 305 g/mol. The molecule has 5 heteroatoms. The summed E-state index contributed by atoms with van der Waals surface area (Å²) in [6, 6.07) is 8.02. The van der Waals surface area contributed by atoms with Crippen molar-refractivity contribution in [1.29, 1.82) is 0 Å². The SMILES string of the molecule is COC(=O)/C(=C\c1ccc(SC)cc1)c1nc(C)cs1. The van der Waals surface area contributed by atoms with Crippen LogP contribution in [0.5, 0.6) is 0 Å². The van der Waals surface area contributed by atoms with E-state index in [1.807, 2.05) is 48.9 Å². The van der Waals surface area contributed by atoms with Crippen molar-refractivity contribution >= 4 is 40.7 Å². The molecule has 2 rings (SSSR count). The fourth-order valence-electron chi connectivity index (χ4n) is 1.66. The number of benzene rings is 1. The minimum Gasteiger partial charge on any atom is -0.465 e. The molecule has 0 amide bonds. The van der Waals surface area contributed by atoms with E-state index in [9.17, 15) is 4.79 Å². The molecule has 0 fully saturated rings. The maximum absolute atomic E-state index is 11.9. The molecule has 1 aromatic carbocycles. The highest BCUT2D eigenvalue weighted by atomic mass is 32.2. The molecule has 20 heavy (non-hydrogen) atoms. The van der Waals surface area contributed by atoms with Gasteiger partial charge in [0.2, 0.25) is 0 Å². The molecular formula is C15H15NO2S2. The van der Waals surface area contributed by atoms with E-state index in [0.717, 1.165) is 11.3 Å². The summed E-state index contributed by atoms with van der Waals surface area (Å²) in [4.78, 5) is 17.5. The number of nitrogens with zero attached hydrogens (tertiary/aromatic N) is 1. The van der Waals surface area contributed by atoms with Gasteiger partial charge >= 0.3 is 5.97 Å². The van der Waals surface area contributed by atoms with Gasteiger partial charge in [0, 0.05) is 16.0 Å². The van der Waals surface area contributed by atoms with Gasteiger partial charge < -0.3 is 4.74 Å². The summed E-state index contributed by atoms with van der Waals surface area (Å²) in [6.07, 6.45) is 3.84. The Kier molecular flexibility index (Phi) is 4.98. The minimum atomic E-state index is -0.367. The van der Waals surface area contributed by atoms with Crippen LogP contribution in [0.2, 0.25) is 0 Å². The van der Waals surface area contributed by atoms with Gasteiger partial charge in [-0.15, -0.1) is 23.1 Å². The van der Waals surface area contributed by atoms with E-state index < -0.39 is 0 Å². The summed E-state index contributed by atoms with van der Waals surface area (Å²) < 4.78 is 4.85. The molecular weight excluding hydrogens is 290 g/mol. The lowest BCUT2D eigenvalue weighted by molar-refractivity contribution is -0.133. The number of carbonyl (C=O) groups is 1. The van der Waals surface area contributed by atoms with Gasteiger partial charge in [-0.1, -0.05) is 12.1 Å². The Bertz CT molecular complexity index is 630.